The number of fused-ring (bicyclic) bond motifs is 1. The van der Waals surface area contributed by atoms with Gasteiger partial charge in [0.05, 0.1) is 20.3 Å². The van der Waals surface area contributed by atoms with Gasteiger partial charge in [-0.2, -0.15) is 0 Å². The highest BCUT2D eigenvalue weighted by Crippen LogP contribution is 2.31. The summed E-state index contributed by atoms with van der Waals surface area (Å²) in [5, 5.41) is 3.34. The molecule has 0 fully saturated rings. The lowest BCUT2D eigenvalue weighted by Crippen LogP contribution is -2.56. The number of carbonyl (C=O) groups is 1. The van der Waals surface area contributed by atoms with Crippen molar-refractivity contribution < 1.29 is 14.3 Å². The standard InChI is InChI=1S/C15H21NO3/c1-11(2)8-16-15(14(17)18-3)10-19-9-12-6-4-5-7-13(12)15/h4-7,11,16H,8-10H2,1-3H3. The SMILES string of the molecule is COC(=O)C1(NCC(C)C)COCc2ccccc21. The molecule has 1 unspecified atom stereocenters. The second-order valence-corrected chi connectivity index (χ2v) is 5.32. The van der Waals surface area contributed by atoms with Crippen molar-refractivity contribution in [2.24, 2.45) is 5.92 Å². The smallest absolute Gasteiger partial charge is 0.333 e. The van der Waals surface area contributed by atoms with E-state index in [1.165, 1.54) is 7.11 Å². The van der Waals surface area contributed by atoms with Crippen LogP contribution >= 0.6 is 0 Å². The number of nitrogens with one attached hydrogen (secondary N) is 1. The van der Waals surface area contributed by atoms with E-state index in [1.807, 2.05) is 24.3 Å². The first-order valence-electron chi connectivity index (χ1n) is 6.59. The van der Waals surface area contributed by atoms with Crippen molar-refractivity contribution in [2.75, 3.05) is 20.3 Å². The Kier molecular flexibility index (Phi) is 4.22. The second-order valence-electron chi connectivity index (χ2n) is 5.32. The molecule has 1 aromatic rings. The number of carbonyl (C=O) groups excluding carboxylic acids is 1. The van der Waals surface area contributed by atoms with Crippen LogP contribution in [0, 0.1) is 5.92 Å². The predicted molar refractivity (Wildman–Crippen MR) is 72.6 cm³/mol. The fraction of sp³-hybridized carbons (Fsp3) is 0.533. The Morgan fingerprint density at radius 3 is 2.89 bits per heavy atom. The number of rotatable bonds is 4. The largest absolute Gasteiger partial charge is 0.467 e. The van der Waals surface area contributed by atoms with Crippen molar-refractivity contribution in [1.29, 1.82) is 0 Å². The number of esters is 1. The Labute approximate surface area is 114 Å². The number of hydrogen-bond acceptors (Lipinski definition) is 4. The molecule has 0 saturated carbocycles. The summed E-state index contributed by atoms with van der Waals surface area (Å²) >= 11 is 0. The molecule has 0 saturated heterocycles. The van der Waals surface area contributed by atoms with Gasteiger partial charge in [-0.15, -0.1) is 0 Å². The van der Waals surface area contributed by atoms with E-state index in [4.69, 9.17) is 9.47 Å². The lowest BCUT2D eigenvalue weighted by atomic mass is 9.85. The van der Waals surface area contributed by atoms with E-state index in [-0.39, 0.29) is 5.97 Å². The zero-order chi connectivity index (χ0) is 13.9. The van der Waals surface area contributed by atoms with E-state index < -0.39 is 5.54 Å². The number of ether oxygens (including phenoxy) is 2. The highest BCUT2D eigenvalue weighted by molar-refractivity contribution is 5.83. The second kappa shape index (κ2) is 5.72. The normalized spacial score (nSPS) is 22.1. The van der Waals surface area contributed by atoms with E-state index in [0.717, 1.165) is 17.7 Å². The molecule has 1 N–H and O–H groups in total. The highest BCUT2D eigenvalue weighted by Gasteiger charge is 2.45. The van der Waals surface area contributed by atoms with Crippen LogP contribution in [0.5, 0.6) is 0 Å². The van der Waals surface area contributed by atoms with Crippen LogP contribution in [0.4, 0.5) is 0 Å². The van der Waals surface area contributed by atoms with Gasteiger partial charge in [0.15, 0.2) is 5.54 Å². The maximum Gasteiger partial charge on any atom is 0.333 e. The molecular formula is C15H21NO3. The molecule has 1 atom stereocenters. The molecule has 1 aliphatic heterocycles. The summed E-state index contributed by atoms with van der Waals surface area (Å²) < 4.78 is 10.6. The molecular weight excluding hydrogens is 242 g/mol. The summed E-state index contributed by atoms with van der Waals surface area (Å²) in [6, 6.07) is 7.86. The van der Waals surface area contributed by atoms with Crippen molar-refractivity contribution in [2.45, 2.75) is 26.0 Å². The van der Waals surface area contributed by atoms with Crippen molar-refractivity contribution >= 4 is 5.97 Å². The molecule has 104 valence electrons. The van der Waals surface area contributed by atoms with Gasteiger partial charge >= 0.3 is 5.97 Å². The Bertz CT molecular complexity index is 458. The molecule has 1 aliphatic rings. The summed E-state index contributed by atoms with van der Waals surface area (Å²) in [5.41, 5.74) is 1.12. The van der Waals surface area contributed by atoms with Gasteiger partial charge in [0.2, 0.25) is 0 Å². The average molecular weight is 263 g/mol. The molecule has 1 heterocycles. The van der Waals surface area contributed by atoms with Gasteiger partial charge in [-0.25, -0.2) is 4.79 Å². The molecule has 0 amide bonds. The zero-order valence-electron chi connectivity index (χ0n) is 11.7. The third-order valence-electron chi connectivity index (χ3n) is 3.40. The van der Waals surface area contributed by atoms with Crippen LogP contribution in [0.3, 0.4) is 0 Å². The molecule has 0 radical (unpaired) electrons. The molecule has 0 aromatic heterocycles. The van der Waals surface area contributed by atoms with E-state index in [2.05, 4.69) is 19.2 Å². The van der Waals surface area contributed by atoms with Crippen LogP contribution in [0.2, 0.25) is 0 Å². The quantitative estimate of drug-likeness (QED) is 0.842. The first-order valence-corrected chi connectivity index (χ1v) is 6.59. The molecule has 4 heteroatoms. The van der Waals surface area contributed by atoms with Crippen molar-refractivity contribution in [1.82, 2.24) is 5.32 Å². The predicted octanol–water partition coefficient (Wildman–Crippen LogP) is 1.83. The zero-order valence-corrected chi connectivity index (χ0v) is 11.7. The Morgan fingerprint density at radius 2 is 2.21 bits per heavy atom. The Morgan fingerprint density at radius 1 is 1.47 bits per heavy atom. The molecule has 0 aliphatic carbocycles. The van der Waals surface area contributed by atoms with Crippen molar-refractivity contribution in [3.63, 3.8) is 0 Å². The van der Waals surface area contributed by atoms with Crippen LogP contribution in [0.1, 0.15) is 25.0 Å². The third kappa shape index (κ3) is 2.65. The van der Waals surface area contributed by atoms with Gasteiger partial charge in [0.1, 0.15) is 0 Å². The summed E-state index contributed by atoms with van der Waals surface area (Å²) in [4.78, 5) is 12.3. The molecule has 4 nitrogen and oxygen atoms in total. The van der Waals surface area contributed by atoms with Crippen LogP contribution in [-0.2, 0) is 26.4 Å². The number of hydrogen-bond donors (Lipinski definition) is 1. The van der Waals surface area contributed by atoms with Crippen molar-refractivity contribution in [3.05, 3.63) is 35.4 Å². The Hall–Kier alpha value is -1.39. The average Bonchev–Trinajstić information content (AvgIpc) is 2.44. The highest BCUT2D eigenvalue weighted by atomic mass is 16.5. The minimum atomic E-state index is -0.881. The van der Waals surface area contributed by atoms with E-state index >= 15 is 0 Å². The van der Waals surface area contributed by atoms with Crippen LogP contribution in [0.25, 0.3) is 0 Å². The minimum Gasteiger partial charge on any atom is -0.467 e. The van der Waals surface area contributed by atoms with Gasteiger partial charge in [0, 0.05) is 0 Å². The maximum absolute atomic E-state index is 12.3. The van der Waals surface area contributed by atoms with E-state index in [1.54, 1.807) is 0 Å². The van der Waals surface area contributed by atoms with Crippen LogP contribution in [-0.4, -0.2) is 26.2 Å². The molecule has 2 rings (SSSR count). The molecule has 0 spiro atoms. The summed E-state index contributed by atoms with van der Waals surface area (Å²) in [6.45, 7) is 5.79. The van der Waals surface area contributed by atoms with Gasteiger partial charge in [0.25, 0.3) is 0 Å². The monoisotopic (exact) mass is 263 g/mol. The van der Waals surface area contributed by atoms with E-state index in [0.29, 0.717) is 19.1 Å². The van der Waals surface area contributed by atoms with Gasteiger partial charge < -0.3 is 9.47 Å². The lowest BCUT2D eigenvalue weighted by molar-refractivity contribution is -0.154. The number of benzene rings is 1. The first kappa shape index (κ1) is 14.0. The Balaban J connectivity index is 2.41. The van der Waals surface area contributed by atoms with E-state index in [9.17, 15) is 4.79 Å². The molecule has 1 aromatic carbocycles. The molecule has 0 bridgehead atoms. The lowest BCUT2D eigenvalue weighted by Gasteiger charge is -2.37. The van der Waals surface area contributed by atoms with Gasteiger partial charge in [-0.3, -0.25) is 5.32 Å². The van der Waals surface area contributed by atoms with Crippen LogP contribution < -0.4 is 5.32 Å². The van der Waals surface area contributed by atoms with Crippen molar-refractivity contribution in [3.8, 4) is 0 Å². The third-order valence-corrected chi connectivity index (χ3v) is 3.40. The molecule has 19 heavy (non-hydrogen) atoms. The summed E-state index contributed by atoms with van der Waals surface area (Å²) in [6.07, 6.45) is 0. The number of methoxy groups -OCH3 is 1. The first-order chi connectivity index (χ1) is 9.10. The van der Waals surface area contributed by atoms with Gasteiger partial charge in [-0.1, -0.05) is 38.1 Å². The maximum atomic E-state index is 12.3. The van der Waals surface area contributed by atoms with Crippen LogP contribution in [0.15, 0.2) is 24.3 Å². The summed E-state index contributed by atoms with van der Waals surface area (Å²) in [7, 11) is 1.42. The summed E-state index contributed by atoms with van der Waals surface area (Å²) in [5.74, 6) is 0.149. The topological polar surface area (TPSA) is 47.6 Å². The minimum absolute atomic E-state index is 0.291. The fourth-order valence-electron chi connectivity index (χ4n) is 2.39. The van der Waals surface area contributed by atoms with Gasteiger partial charge in [-0.05, 0) is 23.6 Å². The fourth-order valence-corrected chi connectivity index (χ4v) is 2.39.